The van der Waals surface area contributed by atoms with E-state index in [0.29, 0.717) is 10.6 Å². The van der Waals surface area contributed by atoms with Gasteiger partial charge in [0.2, 0.25) is 0 Å². The van der Waals surface area contributed by atoms with Crippen LogP contribution < -0.4 is 10.9 Å². The molecule has 3 N–H and O–H groups in total. The molecule has 0 amide bonds. The fourth-order valence-corrected chi connectivity index (χ4v) is 4.37. The van der Waals surface area contributed by atoms with Gasteiger partial charge < -0.3 is 10.3 Å². The van der Waals surface area contributed by atoms with Gasteiger partial charge in [-0.2, -0.15) is 5.10 Å². The highest BCUT2D eigenvalue weighted by molar-refractivity contribution is 7.22. The maximum Gasteiger partial charge on any atom is 0.268 e. The highest BCUT2D eigenvalue weighted by Crippen LogP contribution is 2.50. The van der Waals surface area contributed by atoms with Crippen LogP contribution in [-0.2, 0) is 0 Å². The molecule has 1 saturated heterocycles. The van der Waals surface area contributed by atoms with Gasteiger partial charge in [0.25, 0.3) is 5.56 Å². The molecule has 1 saturated carbocycles. The molecule has 7 heteroatoms. The maximum absolute atomic E-state index is 12.4. The summed E-state index contributed by atoms with van der Waals surface area (Å²) in [5.41, 5.74) is 2.59. The Morgan fingerprint density at radius 2 is 2.27 bits per heavy atom. The average molecular weight is 313 g/mol. The van der Waals surface area contributed by atoms with Gasteiger partial charge in [0.05, 0.1) is 16.4 Å². The van der Waals surface area contributed by atoms with Gasteiger partial charge in [0.15, 0.2) is 0 Å². The van der Waals surface area contributed by atoms with Crippen molar-refractivity contribution >= 4 is 21.6 Å². The van der Waals surface area contributed by atoms with E-state index in [-0.39, 0.29) is 11.6 Å². The molecule has 4 heterocycles. The molecule has 22 heavy (non-hydrogen) atoms. The van der Waals surface area contributed by atoms with E-state index in [1.54, 1.807) is 0 Å². The number of H-pyrrole nitrogens is 2. The normalized spacial score (nSPS) is 26.5. The number of fused-ring (bicyclic) bond motifs is 2. The molecule has 2 fully saturated rings. The summed E-state index contributed by atoms with van der Waals surface area (Å²) >= 11 is 1.44. The monoisotopic (exact) mass is 313 g/mol. The van der Waals surface area contributed by atoms with Crippen LogP contribution in [0.2, 0.25) is 0 Å². The van der Waals surface area contributed by atoms with E-state index < -0.39 is 0 Å². The number of nitrogens with zero attached hydrogens (tertiary/aromatic N) is 2. The van der Waals surface area contributed by atoms with Crippen LogP contribution >= 0.6 is 11.3 Å². The third-order valence-electron chi connectivity index (χ3n) is 4.66. The Hall–Kier alpha value is -1.99. The summed E-state index contributed by atoms with van der Waals surface area (Å²) < 4.78 is 0.671. The van der Waals surface area contributed by atoms with Gasteiger partial charge in [-0.05, 0) is 43.9 Å². The van der Waals surface area contributed by atoms with E-state index in [0.717, 1.165) is 40.1 Å². The summed E-state index contributed by atoms with van der Waals surface area (Å²) in [4.78, 5) is 21.0. The zero-order valence-corrected chi connectivity index (χ0v) is 12.8. The highest BCUT2D eigenvalue weighted by Gasteiger charge is 2.49. The topological polar surface area (TPSA) is 86.5 Å². The number of aromatic amines is 2. The van der Waals surface area contributed by atoms with Gasteiger partial charge in [0.1, 0.15) is 16.2 Å². The number of aromatic nitrogens is 4. The molecule has 112 valence electrons. The molecule has 3 aromatic rings. The number of piperidine rings is 1. The Morgan fingerprint density at radius 1 is 1.36 bits per heavy atom. The fourth-order valence-electron chi connectivity index (χ4n) is 3.42. The van der Waals surface area contributed by atoms with E-state index in [2.05, 4.69) is 20.5 Å². The summed E-state index contributed by atoms with van der Waals surface area (Å²) in [7, 11) is 0. The predicted molar refractivity (Wildman–Crippen MR) is 84.9 cm³/mol. The van der Waals surface area contributed by atoms with Crippen molar-refractivity contribution in [1.82, 2.24) is 25.5 Å². The maximum atomic E-state index is 12.4. The van der Waals surface area contributed by atoms with Crippen LogP contribution in [0.3, 0.4) is 0 Å². The first kappa shape index (κ1) is 12.5. The van der Waals surface area contributed by atoms with Crippen molar-refractivity contribution in [3.8, 4) is 10.6 Å². The number of hydrogen-bond acceptors (Lipinski definition) is 5. The molecule has 0 spiro atoms. The van der Waals surface area contributed by atoms with Crippen molar-refractivity contribution in [2.75, 3.05) is 6.54 Å². The molecule has 3 aromatic heterocycles. The van der Waals surface area contributed by atoms with Crippen molar-refractivity contribution in [2.45, 2.75) is 19.4 Å². The lowest BCUT2D eigenvalue weighted by molar-refractivity contribution is 0.532. The summed E-state index contributed by atoms with van der Waals surface area (Å²) in [5, 5.41) is 10.7. The minimum Gasteiger partial charge on any atom is -0.308 e. The number of hydrogen-bond donors (Lipinski definition) is 3. The lowest BCUT2D eigenvalue weighted by atomic mass is 10.2. The summed E-state index contributed by atoms with van der Waals surface area (Å²) in [6, 6.07) is 4.15. The van der Waals surface area contributed by atoms with Crippen LogP contribution in [0.4, 0.5) is 0 Å². The van der Waals surface area contributed by atoms with Crippen LogP contribution in [0.1, 0.15) is 24.0 Å². The molecule has 5 rings (SSSR count). The van der Waals surface area contributed by atoms with E-state index in [9.17, 15) is 4.79 Å². The van der Waals surface area contributed by atoms with Crippen molar-refractivity contribution < 1.29 is 0 Å². The first-order chi connectivity index (χ1) is 10.7. The van der Waals surface area contributed by atoms with Crippen LogP contribution in [0, 0.1) is 18.8 Å². The first-order valence-electron chi connectivity index (χ1n) is 7.48. The molecule has 6 nitrogen and oxygen atoms in total. The Morgan fingerprint density at radius 3 is 2.95 bits per heavy atom. The largest absolute Gasteiger partial charge is 0.308 e. The van der Waals surface area contributed by atoms with Gasteiger partial charge >= 0.3 is 0 Å². The second-order valence-electron chi connectivity index (χ2n) is 6.26. The molecule has 3 atom stereocenters. The van der Waals surface area contributed by atoms with Gasteiger partial charge in [-0.1, -0.05) is 0 Å². The van der Waals surface area contributed by atoms with Crippen molar-refractivity contribution in [1.29, 1.82) is 0 Å². The van der Waals surface area contributed by atoms with Gasteiger partial charge in [-0.15, -0.1) is 11.3 Å². The third-order valence-corrected chi connectivity index (χ3v) is 5.81. The smallest absolute Gasteiger partial charge is 0.268 e. The van der Waals surface area contributed by atoms with E-state index in [1.807, 2.05) is 19.1 Å². The quantitative estimate of drug-likeness (QED) is 0.675. The average Bonchev–Trinajstić information content (AvgIpc) is 2.90. The lowest BCUT2D eigenvalue weighted by Crippen LogP contribution is -2.23. The van der Waals surface area contributed by atoms with Gasteiger partial charge in [-0.25, -0.2) is 4.98 Å². The van der Waals surface area contributed by atoms with Crippen LogP contribution in [0.25, 0.3) is 20.8 Å². The zero-order chi connectivity index (χ0) is 14.8. The number of nitrogens with one attached hydrogen (secondary N) is 3. The standard InChI is InChI=1S/C15H15N5OS/c1-6-2-9(20-19-6)11-4-10-13(22-11)15(21)18-14(17-10)12-8-3-7(8)5-16-12/h2,4,7-8,12,16H,3,5H2,1H3,(H,19,20)(H,17,18,21). The second kappa shape index (κ2) is 4.27. The SMILES string of the molecule is Cc1cc(-c2cc3nc(C4NCC5CC54)[nH]c(=O)c3s2)n[nH]1. The molecule has 0 aromatic carbocycles. The van der Waals surface area contributed by atoms with Crippen LogP contribution in [-0.4, -0.2) is 26.7 Å². The number of aryl methyl sites for hydroxylation is 1. The molecule has 2 aliphatic rings. The Balaban J connectivity index is 1.63. The molecule has 3 unspecified atom stereocenters. The van der Waals surface area contributed by atoms with Crippen LogP contribution in [0.5, 0.6) is 0 Å². The minimum absolute atomic E-state index is 0.0468. The van der Waals surface area contributed by atoms with E-state index in [1.165, 1.54) is 17.8 Å². The lowest BCUT2D eigenvalue weighted by Gasteiger charge is -2.11. The minimum atomic E-state index is -0.0468. The third kappa shape index (κ3) is 1.79. The molecule has 0 bridgehead atoms. The number of rotatable bonds is 2. The van der Waals surface area contributed by atoms with E-state index in [4.69, 9.17) is 4.98 Å². The molecular formula is C15H15N5OS. The Labute approximate surface area is 130 Å². The van der Waals surface area contributed by atoms with Crippen molar-refractivity contribution in [2.24, 2.45) is 11.8 Å². The van der Waals surface area contributed by atoms with E-state index >= 15 is 0 Å². The molecular weight excluding hydrogens is 298 g/mol. The summed E-state index contributed by atoms with van der Waals surface area (Å²) in [6.45, 7) is 3.00. The molecule has 1 aliphatic heterocycles. The first-order valence-corrected chi connectivity index (χ1v) is 8.30. The fraction of sp³-hybridized carbons (Fsp3) is 0.400. The predicted octanol–water partition coefficient (Wildman–Crippen LogP) is 1.96. The van der Waals surface area contributed by atoms with Gasteiger partial charge in [0, 0.05) is 5.69 Å². The highest BCUT2D eigenvalue weighted by atomic mass is 32.1. The summed E-state index contributed by atoms with van der Waals surface area (Å²) in [6.07, 6.45) is 1.25. The zero-order valence-electron chi connectivity index (χ0n) is 12.0. The Kier molecular flexibility index (Phi) is 2.43. The van der Waals surface area contributed by atoms with Crippen LogP contribution in [0.15, 0.2) is 16.9 Å². The molecule has 1 aliphatic carbocycles. The summed E-state index contributed by atoms with van der Waals surface area (Å²) in [5.74, 6) is 2.20. The van der Waals surface area contributed by atoms with Crippen molar-refractivity contribution in [3.05, 3.63) is 34.0 Å². The van der Waals surface area contributed by atoms with Gasteiger partial charge in [-0.3, -0.25) is 9.89 Å². The molecule has 0 radical (unpaired) electrons. The Bertz CT molecular complexity index is 939. The van der Waals surface area contributed by atoms with Crippen molar-refractivity contribution in [3.63, 3.8) is 0 Å². The second-order valence-corrected chi connectivity index (χ2v) is 7.31. The number of thiophene rings is 1.